The van der Waals surface area contributed by atoms with Crippen molar-refractivity contribution >= 4 is 21.7 Å². The predicted molar refractivity (Wildman–Crippen MR) is 131 cm³/mol. The standard InChI is InChI=1S/C25H26N2O7S/c1-16(2)24(25(28)29)26-35(32,33)22-13-9-19(10-14-22)18-7-11-21(12-8-18)34-15-20-5-4-6-23(17(20)3)27(30)31/h4-14,16,24,26H,15H2,1-3H3,(H,28,29). The van der Waals surface area contributed by atoms with Gasteiger partial charge in [0.05, 0.1) is 9.82 Å². The van der Waals surface area contributed by atoms with Crippen molar-refractivity contribution in [2.45, 2.75) is 38.3 Å². The minimum atomic E-state index is -3.99. The Bertz CT molecular complexity index is 1320. The molecule has 3 rings (SSSR count). The third kappa shape index (κ3) is 6.23. The smallest absolute Gasteiger partial charge is 0.322 e. The van der Waals surface area contributed by atoms with Crippen molar-refractivity contribution < 1.29 is 28.0 Å². The third-order valence-electron chi connectivity index (χ3n) is 5.58. The Kier molecular flexibility index (Phi) is 7.88. The quantitative estimate of drug-likeness (QED) is 0.309. The summed E-state index contributed by atoms with van der Waals surface area (Å²) in [5.74, 6) is -1.07. The van der Waals surface area contributed by atoms with Gasteiger partial charge in [0.25, 0.3) is 5.69 Å². The molecular formula is C25H26N2O7S. The largest absolute Gasteiger partial charge is 0.489 e. The molecule has 10 heteroatoms. The Balaban J connectivity index is 1.70. The zero-order valence-electron chi connectivity index (χ0n) is 19.5. The molecule has 0 saturated carbocycles. The molecule has 0 aromatic heterocycles. The molecule has 0 radical (unpaired) electrons. The minimum absolute atomic E-state index is 0.0274. The van der Waals surface area contributed by atoms with Crippen molar-refractivity contribution in [3.8, 4) is 16.9 Å². The Morgan fingerprint density at radius 3 is 2.11 bits per heavy atom. The SMILES string of the molecule is Cc1c(COc2ccc(-c3ccc(S(=O)(=O)NC(C(=O)O)C(C)C)cc3)cc2)cccc1[N+](=O)[O-]. The van der Waals surface area contributed by atoms with Crippen LogP contribution in [0.5, 0.6) is 5.75 Å². The highest BCUT2D eigenvalue weighted by Gasteiger charge is 2.28. The summed E-state index contributed by atoms with van der Waals surface area (Å²) in [6, 6.07) is 16.9. The van der Waals surface area contributed by atoms with E-state index in [2.05, 4.69) is 4.72 Å². The monoisotopic (exact) mass is 498 g/mol. The summed E-state index contributed by atoms with van der Waals surface area (Å²) < 4.78 is 33.2. The molecule has 35 heavy (non-hydrogen) atoms. The van der Waals surface area contributed by atoms with Crippen molar-refractivity contribution in [1.29, 1.82) is 0 Å². The second-order valence-corrected chi connectivity index (χ2v) is 10.1. The van der Waals surface area contributed by atoms with E-state index in [1.807, 2.05) is 12.1 Å². The summed E-state index contributed by atoms with van der Waals surface area (Å²) in [5.41, 5.74) is 2.91. The number of nitrogens with one attached hydrogen (secondary N) is 1. The van der Waals surface area contributed by atoms with Crippen LogP contribution in [0, 0.1) is 23.0 Å². The number of carboxylic acids is 1. The van der Waals surface area contributed by atoms with Gasteiger partial charge in [-0.1, -0.05) is 50.2 Å². The van der Waals surface area contributed by atoms with E-state index < -0.39 is 32.9 Å². The summed E-state index contributed by atoms with van der Waals surface area (Å²) in [7, 11) is -3.99. The summed E-state index contributed by atoms with van der Waals surface area (Å²) in [6.45, 7) is 5.12. The molecule has 0 aliphatic carbocycles. The van der Waals surface area contributed by atoms with E-state index in [4.69, 9.17) is 4.74 Å². The van der Waals surface area contributed by atoms with Crippen molar-refractivity contribution in [3.05, 3.63) is 88.0 Å². The van der Waals surface area contributed by atoms with Gasteiger partial charge in [0.1, 0.15) is 18.4 Å². The second-order valence-electron chi connectivity index (χ2n) is 8.34. The maximum atomic E-state index is 12.6. The summed E-state index contributed by atoms with van der Waals surface area (Å²) in [5, 5.41) is 20.4. The van der Waals surface area contributed by atoms with Crippen LogP contribution in [0.1, 0.15) is 25.0 Å². The zero-order chi connectivity index (χ0) is 25.8. The molecule has 0 aliphatic rings. The molecule has 184 valence electrons. The topological polar surface area (TPSA) is 136 Å². The fraction of sp³-hybridized carbons (Fsp3) is 0.240. The van der Waals surface area contributed by atoms with E-state index in [0.29, 0.717) is 11.3 Å². The lowest BCUT2D eigenvalue weighted by Gasteiger charge is -2.18. The van der Waals surface area contributed by atoms with Crippen molar-refractivity contribution in [2.24, 2.45) is 5.92 Å². The van der Waals surface area contributed by atoms with E-state index >= 15 is 0 Å². The molecule has 0 saturated heterocycles. The van der Waals surface area contributed by atoms with Crippen LogP contribution in [0.15, 0.2) is 71.6 Å². The first-order chi connectivity index (χ1) is 16.5. The van der Waals surface area contributed by atoms with Crippen LogP contribution in [0.25, 0.3) is 11.1 Å². The fourth-order valence-electron chi connectivity index (χ4n) is 3.46. The first-order valence-corrected chi connectivity index (χ1v) is 12.3. The maximum absolute atomic E-state index is 12.6. The van der Waals surface area contributed by atoms with E-state index in [-0.39, 0.29) is 17.2 Å². The molecular weight excluding hydrogens is 472 g/mol. The number of hydrogen-bond acceptors (Lipinski definition) is 6. The number of carbonyl (C=O) groups is 1. The van der Waals surface area contributed by atoms with Gasteiger partial charge in [-0.25, -0.2) is 8.42 Å². The van der Waals surface area contributed by atoms with Gasteiger partial charge in [-0.15, -0.1) is 0 Å². The summed E-state index contributed by atoms with van der Waals surface area (Å²) in [6.07, 6.45) is 0. The Morgan fingerprint density at radius 1 is 1.03 bits per heavy atom. The number of rotatable bonds is 10. The number of nitrogens with zero attached hydrogens (tertiary/aromatic N) is 1. The van der Waals surface area contributed by atoms with Crippen LogP contribution in [-0.2, 0) is 21.4 Å². The van der Waals surface area contributed by atoms with Crippen LogP contribution in [0.4, 0.5) is 5.69 Å². The van der Waals surface area contributed by atoms with Crippen molar-refractivity contribution in [1.82, 2.24) is 4.72 Å². The van der Waals surface area contributed by atoms with E-state index in [1.54, 1.807) is 57.2 Å². The number of carboxylic acid groups (broad SMARTS) is 1. The first-order valence-electron chi connectivity index (χ1n) is 10.8. The lowest BCUT2D eigenvalue weighted by molar-refractivity contribution is -0.385. The summed E-state index contributed by atoms with van der Waals surface area (Å²) >= 11 is 0. The highest BCUT2D eigenvalue weighted by Crippen LogP contribution is 2.26. The summed E-state index contributed by atoms with van der Waals surface area (Å²) in [4.78, 5) is 22.0. The van der Waals surface area contributed by atoms with Gasteiger partial charge < -0.3 is 9.84 Å². The van der Waals surface area contributed by atoms with Gasteiger partial charge in [-0.3, -0.25) is 14.9 Å². The average Bonchev–Trinajstić information content (AvgIpc) is 2.82. The van der Waals surface area contributed by atoms with E-state index in [9.17, 15) is 28.4 Å². The van der Waals surface area contributed by atoms with Crippen LogP contribution in [-0.4, -0.2) is 30.5 Å². The Morgan fingerprint density at radius 2 is 1.60 bits per heavy atom. The Hall–Kier alpha value is -3.76. The van der Waals surface area contributed by atoms with Crippen molar-refractivity contribution in [3.63, 3.8) is 0 Å². The van der Waals surface area contributed by atoms with Crippen LogP contribution in [0.3, 0.4) is 0 Å². The molecule has 3 aromatic rings. The van der Waals surface area contributed by atoms with Gasteiger partial charge in [0.2, 0.25) is 10.0 Å². The molecule has 9 nitrogen and oxygen atoms in total. The van der Waals surface area contributed by atoms with Crippen LogP contribution < -0.4 is 9.46 Å². The molecule has 1 unspecified atom stereocenters. The van der Waals surface area contributed by atoms with E-state index in [0.717, 1.165) is 16.7 Å². The maximum Gasteiger partial charge on any atom is 0.322 e. The molecule has 3 aromatic carbocycles. The minimum Gasteiger partial charge on any atom is -0.489 e. The van der Waals surface area contributed by atoms with Crippen molar-refractivity contribution in [2.75, 3.05) is 0 Å². The number of benzene rings is 3. The third-order valence-corrected chi connectivity index (χ3v) is 7.03. The van der Waals surface area contributed by atoms with Gasteiger partial charge in [0, 0.05) is 11.6 Å². The first kappa shape index (κ1) is 25.9. The highest BCUT2D eigenvalue weighted by atomic mass is 32.2. The molecule has 1 atom stereocenters. The van der Waals surface area contributed by atoms with Gasteiger partial charge >= 0.3 is 5.97 Å². The number of aliphatic carboxylic acids is 1. The van der Waals surface area contributed by atoms with E-state index in [1.165, 1.54) is 18.2 Å². The molecule has 0 spiro atoms. The van der Waals surface area contributed by atoms with Crippen LogP contribution in [0.2, 0.25) is 0 Å². The van der Waals surface area contributed by atoms with Gasteiger partial charge in [-0.05, 0) is 53.8 Å². The number of ether oxygens (including phenoxy) is 1. The zero-order valence-corrected chi connectivity index (χ0v) is 20.3. The number of nitro benzene ring substituents is 1. The molecule has 2 N–H and O–H groups in total. The normalized spacial score (nSPS) is 12.3. The van der Waals surface area contributed by atoms with Gasteiger partial charge in [-0.2, -0.15) is 4.72 Å². The highest BCUT2D eigenvalue weighted by molar-refractivity contribution is 7.89. The number of sulfonamides is 1. The molecule has 0 amide bonds. The second kappa shape index (κ2) is 10.7. The van der Waals surface area contributed by atoms with Crippen LogP contribution >= 0.6 is 0 Å². The molecule has 0 aliphatic heterocycles. The molecule has 0 fully saturated rings. The lowest BCUT2D eigenvalue weighted by Crippen LogP contribution is -2.44. The predicted octanol–water partition coefficient (Wildman–Crippen LogP) is 4.54. The number of hydrogen-bond donors (Lipinski definition) is 2. The average molecular weight is 499 g/mol. The molecule has 0 heterocycles. The lowest BCUT2D eigenvalue weighted by atomic mass is 10.1. The Labute approximate surface area is 203 Å². The molecule has 0 bridgehead atoms. The fourth-order valence-corrected chi connectivity index (χ4v) is 4.80. The van der Waals surface area contributed by atoms with Gasteiger partial charge in [0.15, 0.2) is 0 Å². The number of nitro groups is 1.